The van der Waals surface area contributed by atoms with E-state index in [0.717, 1.165) is 17.4 Å². The molecule has 5 heteroatoms. The Balaban J connectivity index is 1.86. The summed E-state index contributed by atoms with van der Waals surface area (Å²) in [5, 5.41) is 2.62. The highest BCUT2D eigenvalue weighted by molar-refractivity contribution is 5.78. The standard InChI is InChI=1S/C18H12F2N2O/c19-15-5-2-6-16(20)18(15)22-17-8-7-14(10-21-17)13-4-1-3-12(9-13)11-23/h1-11H,(H,21,22). The van der Waals surface area contributed by atoms with Crippen LogP contribution in [0.1, 0.15) is 10.4 Å². The van der Waals surface area contributed by atoms with Gasteiger partial charge in [-0.2, -0.15) is 0 Å². The predicted molar refractivity (Wildman–Crippen MR) is 84.7 cm³/mol. The number of para-hydroxylation sites is 1. The number of pyridine rings is 1. The number of carbonyl (C=O) groups excluding carboxylic acids is 1. The summed E-state index contributed by atoms with van der Waals surface area (Å²) in [5.74, 6) is -1.05. The zero-order valence-corrected chi connectivity index (χ0v) is 12.0. The summed E-state index contributed by atoms with van der Waals surface area (Å²) in [7, 11) is 0. The Hall–Kier alpha value is -3.08. The normalized spacial score (nSPS) is 10.3. The van der Waals surface area contributed by atoms with Crippen molar-refractivity contribution in [2.75, 3.05) is 5.32 Å². The monoisotopic (exact) mass is 310 g/mol. The SMILES string of the molecule is O=Cc1cccc(-c2ccc(Nc3c(F)cccc3F)nc2)c1. The molecule has 0 bridgehead atoms. The van der Waals surface area contributed by atoms with Gasteiger partial charge in [-0.25, -0.2) is 13.8 Å². The van der Waals surface area contributed by atoms with Gasteiger partial charge in [-0.15, -0.1) is 0 Å². The maximum absolute atomic E-state index is 13.6. The van der Waals surface area contributed by atoms with Crippen LogP contribution in [0.25, 0.3) is 11.1 Å². The topological polar surface area (TPSA) is 42.0 Å². The number of aldehydes is 1. The minimum absolute atomic E-state index is 0.240. The maximum atomic E-state index is 13.6. The van der Waals surface area contributed by atoms with Crippen LogP contribution in [0.4, 0.5) is 20.3 Å². The number of hydrogen-bond acceptors (Lipinski definition) is 3. The van der Waals surface area contributed by atoms with Gasteiger partial charge in [-0.3, -0.25) is 4.79 Å². The zero-order chi connectivity index (χ0) is 16.2. The van der Waals surface area contributed by atoms with Crippen molar-refractivity contribution in [1.29, 1.82) is 0 Å². The molecule has 1 N–H and O–H groups in total. The molecule has 23 heavy (non-hydrogen) atoms. The summed E-state index contributed by atoms with van der Waals surface area (Å²) in [5.41, 5.74) is 1.97. The number of rotatable bonds is 4. The van der Waals surface area contributed by atoms with Crippen molar-refractivity contribution in [2.45, 2.75) is 0 Å². The van der Waals surface area contributed by atoms with Crippen LogP contribution < -0.4 is 5.32 Å². The fourth-order valence-electron chi connectivity index (χ4n) is 2.18. The van der Waals surface area contributed by atoms with Crippen molar-refractivity contribution in [3.8, 4) is 11.1 Å². The minimum Gasteiger partial charge on any atom is -0.335 e. The summed E-state index contributed by atoms with van der Waals surface area (Å²) in [6.07, 6.45) is 2.35. The molecule has 0 spiro atoms. The molecule has 0 fully saturated rings. The summed E-state index contributed by atoms with van der Waals surface area (Å²) < 4.78 is 27.2. The Labute approximate surface area is 131 Å². The molecule has 3 aromatic rings. The third kappa shape index (κ3) is 3.23. The highest BCUT2D eigenvalue weighted by Crippen LogP contribution is 2.24. The molecule has 0 saturated carbocycles. The van der Waals surface area contributed by atoms with E-state index < -0.39 is 11.6 Å². The number of benzene rings is 2. The average Bonchev–Trinajstić information content (AvgIpc) is 2.59. The van der Waals surface area contributed by atoms with E-state index in [4.69, 9.17) is 0 Å². The van der Waals surface area contributed by atoms with Gasteiger partial charge in [0.25, 0.3) is 0 Å². The predicted octanol–water partition coefficient (Wildman–Crippen LogP) is 4.58. The Kier molecular flexibility index (Phi) is 4.10. The van der Waals surface area contributed by atoms with Crippen LogP contribution in [0.5, 0.6) is 0 Å². The number of nitrogens with one attached hydrogen (secondary N) is 1. The largest absolute Gasteiger partial charge is 0.335 e. The van der Waals surface area contributed by atoms with E-state index in [9.17, 15) is 13.6 Å². The number of hydrogen-bond donors (Lipinski definition) is 1. The second-order valence-electron chi connectivity index (χ2n) is 4.90. The highest BCUT2D eigenvalue weighted by Gasteiger charge is 2.09. The van der Waals surface area contributed by atoms with Crippen molar-refractivity contribution >= 4 is 17.8 Å². The summed E-state index contributed by atoms with van der Waals surface area (Å²) in [6.45, 7) is 0. The van der Waals surface area contributed by atoms with Crippen LogP contribution in [0.2, 0.25) is 0 Å². The van der Waals surface area contributed by atoms with E-state index in [1.807, 2.05) is 6.07 Å². The van der Waals surface area contributed by atoms with Gasteiger partial charge < -0.3 is 5.32 Å². The van der Waals surface area contributed by atoms with E-state index in [1.54, 1.807) is 36.5 Å². The Morgan fingerprint density at radius 1 is 0.913 bits per heavy atom. The Morgan fingerprint density at radius 3 is 2.30 bits per heavy atom. The molecule has 0 unspecified atom stereocenters. The zero-order valence-electron chi connectivity index (χ0n) is 12.0. The van der Waals surface area contributed by atoms with E-state index in [0.29, 0.717) is 11.4 Å². The molecule has 0 aliphatic rings. The molecule has 1 aromatic heterocycles. The molecule has 0 radical (unpaired) electrons. The second-order valence-corrected chi connectivity index (χ2v) is 4.90. The fraction of sp³-hybridized carbons (Fsp3) is 0. The third-order valence-electron chi connectivity index (χ3n) is 3.34. The third-order valence-corrected chi connectivity index (χ3v) is 3.34. The van der Waals surface area contributed by atoms with Crippen LogP contribution in [0.3, 0.4) is 0 Å². The lowest BCUT2D eigenvalue weighted by molar-refractivity contribution is 0.112. The molecule has 3 nitrogen and oxygen atoms in total. The summed E-state index contributed by atoms with van der Waals surface area (Å²) in [6, 6.07) is 14.1. The first kappa shape index (κ1) is 14.8. The van der Waals surface area contributed by atoms with Gasteiger partial charge in [0.2, 0.25) is 0 Å². The smallest absolute Gasteiger partial charge is 0.150 e. The van der Waals surface area contributed by atoms with Crippen molar-refractivity contribution < 1.29 is 13.6 Å². The average molecular weight is 310 g/mol. The van der Waals surface area contributed by atoms with Gasteiger partial charge in [0, 0.05) is 17.3 Å². The lowest BCUT2D eigenvalue weighted by Crippen LogP contribution is -1.99. The van der Waals surface area contributed by atoms with Gasteiger partial charge in [0.1, 0.15) is 29.4 Å². The molecular weight excluding hydrogens is 298 g/mol. The maximum Gasteiger partial charge on any atom is 0.150 e. The molecule has 0 amide bonds. The van der Waals surface area contributed by atoms with Gasteiger partial charge in [0.15, 0.2) is 0 Å². The number of anilines is 2. The molecule has 114 valence electrons. The number of aromatic nitrogens is 1. The van der Waals surface area contributed by atoms with Crippen LogP contribution in [0.15, 0.2) is 60.8 Å². The molecule has 0 aliphatic carbocycles. The first-order valence-electron chi connectivity index (χ1n) is 6.90. The van der Waals surface area contributed by atoms with Gasteiger partial charge >= 0.3 is 0 Å². The van der Waals surface area contributed by atoms with Gasteiger partial charge in [0.05, 0.1) is 0 Å². The van der Waals surface area contributed by atoms with Crippen LogP contribution in [-0.4, -0.2) is 11.3 Å². The first-order valence-corrected chi connectivity index (χ1v) is 6.90. The van der Waals surface area contributed by atoms with E-state index in [-0.39, 0.29) is 5.69 Å². The van der Waals surface area contributed by atoms with Crippen LogP contribution in [0, 0.1) is 11.6 Å². The number of halogens is 2. The van der Waals surface area contributed by atoms with E-state index in [2.05, 4.69) is 10.3 Å². The van der Waals surface area contributed by atoms with Gasteiger partial charge in [-0.1, -0.05) is 24.3 Å². The molecule has 3 rings (SSSR count). The van der Waals surface area contributed by atoms with Crippen LogP contribution in [-0.2, 0) is 0 Å². The second kappa shape index (κ2) is 6.36. The number of nitrogens with zero attached hydrogens (tertiary/aromatic N) is 1. The van der Waals surface area contributed by atoms with Crippen molar-refractivity contribution in [2.24, 2.45) is 0 Å². The quantitative estimate of drug-likeness (QED) is 0.717. The van der Waals surface area contributed by atoms with E-state index >= 15 is 0 Å². The minimum atomic E-state index is -0.686. The van der Waals surface area contributed by atoms with Crippen molar-refractivity contribution in [1.82, 2.24) is 4.98 Å². The lowest BCUT2D eigenvalue weighted by Gasteiger charge is -2.09. The fourth-order valence-corrected chi connectivity index (χ4v) is 2.18. The molecule has 2 aromatic carbocycles. The lowest BCUT2D eigenvalue weighted by atomic mass is 10.1. The van der Waals surface area contributed by atoms with Crippen molar-refractivity contribution in [3.63, 3.8) is 0 Å². The Bertz CT molecular complexity index is 828. The van der Waals surface area contributed by atoms with Gasteiger partial charge in [-0.05, 0) is 35.9 Å². The summed E-state index contributed by atoms with van der Waals surface area (Å²) in [4.78, 5) is 15.0. The van der Waals surface area contributed by atoms with Crippen LogP contribution >= 0.6 is 0 Å². The number of carbonyl (C=O) groups is 1. The van der Waals surface area contributed by atoms with E-state index in [1.165, 1.54) is 18.2 Å². The summed E-state index contributed by atoms with van der Waals surface area (Å²) >= 11 is 0. The Morgan fingerprint density at radius 2 is 1.65 bits per heavy atom. The molecule has 0 aliphatic heterocycles. The molecule has 0 saturated heterocycles. The van der Waals surface area contributed by atoms with Crippen molar-refractivity contribution in [3.05, 3.63) is 78.0 Å². The first-order chi connectivity index (χ1) is 11.2. The molecule has 1 heterocycles. The highest BCUT2D eigenvalue weighted by atomic mass is 19.1. The molecular formula is C18H12F2N2O. The molecule has 0 atom stereocenters.